The van der Waals surface area contributed by atoms with Gasteiger partial charge in [-0.2, -0.15) is 9.97 Å². The highest BCUT2D eigenvalue weighted by atomic mass is 15.3. The van der Waals surface area contributed by atoms with Crippen LogP contribution in [0.25, 0.3) is 11.2 Å². The second-order valence-corrected chi connectivity index (χ2v) is 13.1. The molecule has 3 aromatic rings. The number of anilines is 3. The molecule has 6 rings (SSSR count). The molecule has 41 heavy (non-hydrogen) atoms. The van der Waals surface area contributed by atoms with Crippen molar-refractivity contribution in [1.29, 1.82) is 0 Å². The molecular formula is C31H48N10. The molecule has 222 valence electrons. The largest absolute Gasteiger partial charge is 0.364 e. The Morgan fingerprint density at radius 3 is 2.39 bits per heavy atom. The van der Waals surface area contributed by atoms with Gasteiger partial charge in [-0.1, -0.05) is 6.07 Å². The number of pyridine rings is 1. The van der Waals surface area contributed by atoms with Crippen LogP contribution in [0.3, 0.4) is 0 Å². The molecule has 3 aromatic heterocycles. The predicted molar refractivity (Wildman–Crippen MR) is 167 cm³/mol. The summed E-state index contributed by atoms with van der Waals surface area (Å²) in [6.07, 6.45) is 13.6. The molecule has 3 fully saturated rings. The van der Waals surface area contributed by atoms with Crippen molar-refractivity contribution in [1.82, 2.24) is 29.4 Å². The number of nitrogens with zero attached hydrogens (tertiary/aromatic N) is 8. The Balaban J connectivity index is 1.19. The summed E-state index contributed by atoms with van der Waals surface area (Å²) in [6.45, 7) is 8.87. The maximum absolute atomic E-state index is 6.18. The Hall–Kier alpha value is -2.98. The van der Waals surface area contributed by atoms with Crippen molar-refractivity contribution in [3.8, 4) is 0 Å². The fourth-order valence-corrected chi connectivity index (χ4v) is 7.10. The molecular weight excluding hydrogens is 512 g/mol. The second-order valence-electron chi connectivity index (χ2n) is 13.1. The Kier molecular flexibility index (Phi) is 8.05. The molecule has 2 aliphatic heterocycles. The van der Waals surface area contributed by atoms with E-state index in [-0.39, 0.29) is 12.1 Å². The zero-order valence-corrected chi connectivity index (χ0v) is 25.4. The first-order valence-electron chi connectivity index (χ1n) is 15.7. The number of hydrogen-bond acceptors (Lipinski definition) is 9. The van der Waals surface area contributed by atoms with Gasteiger partial charge in [0, 0.05) is 62.6 Å². The van der Waals surface area contributed by atoms with Gasteiger partial charge in [0.25, 0.3) is 0 Å². The van der Waals surface area contributed by atoms with Crippen LogP contribution in [-0.2, 0) is 6.54 Å². The van der Waals surface area contributed by atoms with Crippen LogP contribution in [0.5, 0.6) is 0 Å². The molecule has 1 spiro atoms. The summed E-state index contributed by atoms with van der Waals surface area (Å²) in [5.74, 6) is 2.63. The van der Waals surface area contributed by atoms with Crippen molar-refractivity contribution >= 4 is 28.7 Å². The van der Waals surface area contributed by atoms with Crippen molar-refractivity contribution in [2.45, 2.75) is 89.9 Å². The van der Waals surface area contributed by atoms with Gasteiger partial charge in [-0.15, -0.1) is 0 Å². The van der Waals surface area contributed by atoms with Crippen molar-refractivity contribution in [2.24, 2.45) is 11.1 Å². The standard InChI is InChI=1S/C31H48N10/c1-22(2)41-21-35-26-27(36-30(37-29(26)41)40-16-9-24(32)10-17-40)34-20-23-6-5-15-33-28(23)39-18-13-31(14-19-39)11-7-25(8-12-31)38(3)4/h5-6,15,21-22,24-25H,7-14,16-20,32H2,1-4H3,(H,34,36,37). The maximum Gasteiger partial charge on any atom is 0.229 e. The lowest BCUT2D eigenvalue weighted by Crippen LogP contribution is -2.45. The number of fused-ring (bicyclic) bond motifs is 1. The third-order valence-electron chi connectivity index (χ3n) is 9.97. The van der Waals surface area contributed by atoms with Gasteiger partial charge in [0.1, 0.15) is 5.82 Å². The summed E-state index contributed by atoms with van der Waals surface area (Å²) in [5.41, 5.74) is 9.59. The first-order chi connectivity index (χ1) is 19.8. The highest BCUT2D eigenvalue weighted by Crippen LogP contribution is 2.46. The third kappa shape index (κ3) is 5.86. The maximum atomic E-state index is 6.18. The van der Waals surface area contributed by atoms with Gasteiger partial charge in [-0.3, -0.25) is 0 Å². The fourth-order valence-electron chi connectivity index (χ4n) is 7.10. The summed E-state index contributed by atoms with van der Waals surface area (Å²) in [5, 5.41) is 3.65. The topological polar surface area (TPSA) is 104 Å². The zero-order chi connectivity index (χ0) is 28.6. The molecule has 2 saturated heterocycles. The summed E-state index contributed by atoms with van der Waals surface area (Å²) < 4.78 is 2.13. The zero-order valence-electron chi connectivity index (χ0n) is 25.4. The van der Waals surface area contributed by atoms with Crippen LogP contribution in [0.15, 0.2) is 24.7 Å². The lowest BCUT2D eigenvalue weighted by atomic mass is 9.67. The molecule has 10 nitrogen and oxygen atoms in total. The number of nitrogens with two attached hydrogens (primary N) is 1. The average molecular weight is 561 g/mol. The Bertz CT molecular complexity index is 1310. The molecule has 3 N–H and O–H groups in total. The minimum Gasteiger partial charge on any atom is -0.364 e. The van der Waals surface area contributed by atoms with Crippen molar-refractivity contribution in [3.63, 3.8) is 0 Å². The number of rotatable bonds is 7. The van der Waals surface area contributed by atoms with Crippen molar-refractivity contribution in [2.75, 3.05) is 55.4 Å². The number of imidazole rings is 1. The van der Waals surface area contributed by atoms with Gasteiger partial charge in [0.05, 0.1) is 6.33 Å². The average Bonchev–Trinajstić information content (AvgIpc) is 3.42. The first kappa shape index (κ1) is 28.2. The van der Waals surface area contributed by atoms with Crippen LogP contribution in [0.4, 0.5) is 17.6 Å². The highest BCUT2D eigenvalue weighted by molar-refractivity contribution is 5.84. The molecule has 3 aliphatic rings. The minimum absolute atomic E-state index is 0.260. The van der Waals surface area contributed by atoms with E-state index in [1.54, 1.807) is 0 Å². The normalized spacial score (nSPS) is 20.6. The monoisotopic (exact) mass is 560 g/mol. The molecule has 0 aromatic carbocycles. The molecule has 0 atom stereocenters. The second kappa shape index (κ2) is 11.7. The van der Waals surface area contributed by atoms with Crippen LogP contribution in [0.1, 0.15) is 76.8 Å². The summed E-state index contributed by atoms with van der Waals surface area (Å²) in [7, 11) is 4.46. The summed E-state index contributed by atoms with van der Waals surface area (Å²) in [6, 6.07) is 5.51. The summed E-state index contributed by atoms with van der Waals surface area (Å²) in [4.78, 5) is 26.8. The highest BCUT2D eigenvalue weighted by Gasteiger charge is 2.39. The first-order valence-corrected chi connectivity index (χ1v) is 15.7. The number of piperidine rings is 2. The number of hydrogen-bond donors (Lipinski definition) is 2. The minimum atomic E-state index is 0.260. The molecule has 0 radical (unpaired) electrons. The molecule has 0 bridgehead atoms. The van der Waals surface area contributed by atoms with E-state index in [1.807, 2.05) is 18.6 Å². The van der Waals surface area contributed by atoms with E-state index >= 15 is 0 Å². The van der Waals surface area contributed by atoms with E-state index in [1.165, 1.54) is 44.1 Å². The SMILES string of the molecule is CC(C)n1cnc2c(NCc3cccnc3N3CCC4(CCC(N(C)C)CC4)CC3)nc(N3CCC(N)CC3)nc21. The summed E-state index contributed by atoms with van der Waals surface area (Å²) >= 11 is 0. The van der Waals surface area contributed by atoms with Crippen molar-refractivity contribution in [3.05, 3.63) is 30.2 Å². The van der Waals surface area contributed by atoms with E-state index in [0.29, 0.717) is 12.0 Å². The molecule has 1 aliphatic carbocycles. The third-order valence-corrected chi connectivity index (χ3v) is 9.97. The predicted octanol–water partition coefficient (Wildman–Crippen LogP) is 4.43. The van der Waals surface area contributed by atoms with Gasteiger partial charge in [0.15, 0.2) is 17.0 Å². The fraction of sp³-hybridized carbons (Fsp3) is 0.677. The molecule has 0 unspecified atom stereocenters. The van der Waals surface area contributed by atoms with Gasteiger partial charge in [-0.25, -0.2) is 9.97 Å². The van der Waals surface area contributed by atoms with E-state index < -0.39 is 0 Å². The van der Waals surface area contributed by atoms with E-state index in [4.69, 9.17) is 25.7 Å². The van der Waals surface area contributed by atoms with Gasteiger partial charge < -0.3 is 30.3 Å². The van der Waals surface area contributed by atoms with E-state index in [0.717, 1.165) is 73.8 Å². The van der Waals surface area contributed by atoms with Crippen LogP contribution < -0.4 is 20.9 Å². The van der Waals surface area contributed by atoms with E-state index in [2.05, 4.69) is 58.6 Å². The lowest BCUT2D eigenvalue weighted by molar-refractivity contribution is 0.0922. The molecule has 5 heterocycles. The molecule has 1 saturated carbocycles. The van der Waals surface area contributed by atoms with Crippen LogP contribution in [-0.4, -0.2) is 81.8 Å². The van der Waals surface area contributed by atoms with Gasteiger partial charge in [-0.05, 0) is 90.8 Å². The molecule has 10 heteroatoms. The van der Waals surface area contributed by atoms with Crippen molar-refractivity contribution < 1.29 is 0 Å². The Morgan fingerprint density at radius 2 is 1.71 bits per heavy atom. The Morgan fingerprint density at radius 1 is 0.976 bits per heavy atom. The van der Waals surface area contributed by atoms with Crippen LogP contribution in [0, 0.1) is 5.41 Å². The van der Waals surface area contributed by atoms with Gasteiger partial charge in [0.2, 0.25) is 5.95 Å². The van der Waals surface area contributed by atoms with Crippen LogP contribution >= 0.6 is 0 Å². The van der Waals surface area contributed by atoms with E-state index in [9.17, 15) is 0 Å². The number of nitrogens with one attached hydrogen (secondary N) is 1. The quantitative estimate of drug-likeness (QED) is 0.434. The molecule has 0 amide bonds. The van der Waals surface area contributed by atoms with Gasteiger partial charge >= 0.3 is 0 Å². The smallest absolute Gasteiger partial charge is 0.229 e. The number of aromatic nitrogens is 5. The van der Waals surface area contributed by atoms with Crippen LogP contribution in [0.2, 0.25) is 0 Å². The Labute approximate surface area is 244 Å². The lowest BCUT2D eigenvalue weighted by Gasteiger charge is -2.47.